The van der Waals surface area contributed by atoms with E-state index in [1.54, 1.807) is 21.6 Å². The number of nitrogens with zero attached hydrogens (tertiary/aromatic N) is 3. The van der Waals surface area contributed by atoms with E-state index in [0.717, 1.165) is 24.4 Å². The summed E-state index contributed by atoms with van der Waals surface area (Å²) in [5, 5.41) is 0.476. The van der Waals surface area contributed by atoms with Crippen molar-refractivity contribution in [1.29, 1.82) is 0 Å². The van der Waals surface area contributed by atoms with Gasteiger partial charge < -0.3 is 9.64 Å². The number of rotatable bonds is 5. The third-order valence-electron chi connectivity index (χ3n) is 5.06. The second kappa shape index (κ2) is 7.87. The van der Waals surface area contributed by atoms with Crippen molar-refractivity contribution in [2.45, 2.75) is 26.3 Å². The first-order valence-corrected chi connectivity index (χ1v) is 9.64. The van der Waals surface area contributed by atoms with Crippen LogP contribution in [0, 0.1) is 0 Å². The second-order valence-corrected chi connectivity index (χ2v) is 6.87. The lowest BCUT2D eigenvalue weighted by Gasteiger charge is -2.20. The van der Waals surface area contributed by atoms with Gasteiger partial charge in [-0.25, -0.2) is 9.78 Å². The van der Waals surface area contributed by atoms with Crippen molar-refractivity contribution in [1.82, 2.24) is 9.55 Å². The molecule has 0 saturated carbocycles. The third-order valence-corrected chi connectivity index (χ3v) is 5.06. The molecule has 2 aromatic carbocycles. The summed E-state index contributed by atoms with van der Waals surface area (Å²) in [5.74, 6) is -0.182. The quantitative estimate of drug-likeness (QED) is 0.625. The fraction of sp³-hybridized carbons (Fsp3) is 0.273. The first-order chi connectivity index (χ1) is 14.1. The molecule has 1 aliphatic heterocycles. The van der Waals surface area contributed by atoms with Crippen LogP contribution >= 0.6 is 0 Å². The molecule has 0 N–H and O–H groups in total. The fourth-order valence-corrected chi connectivity index (χ4v) is 3.61. The normalized spacial score (nSPS) is 12.6. The largest absolute Gasteiger partial charge is 0.452 e. The number of hydrogen-bond donors (Lipinski definition) is 0. The fourth-order valence-electron chi connectivity index (χ4n) is 3.61. The van der Waals surface area contributed by atoms with Gasteiger partial charge in [0.15, 0.2) is 6.61 Å². The number of anilines is 1. The first kappa shape index (κ1) is 18.9. The number of para-hydroxylation sites is 1. The molecular weight excluding hydrogens is 370 g/mol. The smallest absolute Gasteiger partial charge is 0.338 e. The molecule has 0 saturated heterocycles. The van der Waals surface area contributed by atoms with E-state index in [-0.39, 0.29) is 23.6 Å². The number of hydrogen-bond acceptors (Lipinski definition) is 5. The molecule has 1 aromatic heterocycles. The minimum Gasteiger partial charge on any atom is -0.452 e. The minimum absolute atomic E-state index is 0.0842. The molecule has 0 spiro atoms. The zero-order valence-electron chi connectivity index (χ0n) is 16.1. The Kier molecular flexibility index (Phi) is 5.12. The van der Waals surface area contributed by atoms with E-state index in [1.807, 2.05) is 37.3 Å². The maximum Gasteiger partial charge on any atom is 0.338 e. The SMILES string of the molecule is CCN(C(=O)COC(=O)c1ccc2c(=O)n3c(nc2c1)CCC3)c1ccccc1. The molecule has 0 fully saturated rings. The number of amides is 1. The standard InChI is InChI=1S/C22H21N3O4/c1-2-24(16-7-4-3-5-8-16)20(26)14-29-22(28)15-10-11-17-18(13-15)23-19-9-6-12-25(19)21(17)27/h3-5,7-8,10-11,13H,2,6,9,12,14H2,1H3. The maximum absolute atomic E-state index is 12.5. The van der Waals surface area contributed by atoms with Crippen molar-refractivity contribution in [3.8, 4) is 0 Å². The number of likely N-dealkylation sites (N-methyl/N-ethyl adjacent to an activating group) is 1. The van der Waals surface area contributed by atoms with Gasteiger partial charge in [0.05, 0.1) is 16.5 Å². The van der Waals surface area contributed by atoms with Crippen LogP contribution in [0.5, 0.6) is 0 Å². The number of ether oxygens (including phenoxy) is 1. The van der Waals surface area contributed by atoms with Crippen molar-refractivity contribution >= 4 is 28.5 Å². The van der Waals surface area contributed by atoms with Crippen LogP contribution in [-0.2, 0) is 22.5 Å². The predicted octanol–water partition coefficient (Wildman–Crippen LogP) is 2.55. The average molecular weight is 391 g/mol. The van der Waals surface area contributed by atoms with Crippen LogP contribution in [0.4, 0.5) is 5.69 Å². The van der Waals surface area contributed by atoms with Gasteiger partial charge in [0.25, 0.3) is 11.5 Å². The van der Waals surface area contributed by atoms with Gasteiger partial charge in [0, 0.05) is 25.2 Å². The molecule has 0 radical (unpaired) electrons. The summed E-state index contributed by atoms with van der Waals surface area (Å²) in [6, 6.07) is 13.9. The van der Waals surface area contributed by atoms with E-state index in [0.29, 0.717) is 24.0 Å². The number of benzene rings is 2. The highest BCUT2D eigenvalue weighted by molar-refractivity contribution is 5.98. The average Bonchev–Trinajstić information content (AvgIpc) is 3.22. The molecule has 0 atom stereocenters. The molecule has 1 amide bonds. The Hall–Kier alpha value is -3.48. The number of aryl methyl sites for hydroxylation is 1. The van der Waals surface area contributed by atoms with Gasteiger partial charge in [-0.3, -0.25) is 14.2 Å². The highest BCUT2D eigenvalue weighted by Gasteiger charge is 2.19. The molecule has 7 nitrogen and oxygen atoms in total. The van der Waals surface area contributed by atoms with E-state index < -0.39 is 5.97 Å². The van der Waals surface area contributed by atoms with Gasteiger partial charge in [-0.05, 0) is 43.7 Å². The maximum atomic E-state index is 12.5. The van der Waals surface area contributed by atoms with Crippen molar-refractivity contribution in [3.63, 3.8) is 0 Å². The molecule has 2 heterocycles. The van der Waals surface area contributed by atoms with Gasteiger partial charge in [0.2, 0.25) is 0 Å². The molecule has 148 valence electrons. The summed E-state index contributed by atoms with van der Waals surface area (Å²) in [6.45, 7) is 2.65. The van der Waals surface area contributed by atoms with E-state index >= 15 is 0 Å². The lowest BCUT2D eigenvalue weighted by Crippen LogP contribution is -2.34. The first-order valence-electron chi connectivity index (χ1n) is 9.64. The number of esters is 1. The van der Waals surface area contributed by atoms with Gasteiger partial charge in [-0.2, -0.15) is 0 Å². The van der Waals surface area contributed by atoms with Crippen LogP contribution in [-0.4, -0.2) is 34.6 Å². The molecule has 3 aromatic rings. The van der Waals surface area contributed by atoms with Crippen LogP contribution in [0.15, 0.2) is 53.3 Å². The Balaban J connectivity index is 1.50. The summed E-state index contributed by atoms with van der Waals surface area (Å²) >= 11 is 0. The zero-order chi connectivity index (χ0) is 20.4. The van der Waals surface area contributed by atoms with E-state index in [2.05, 4.69) is 4.98 Å². The molecular formula is C22H21N3O4. The monoisotopic (exact) mass is 391 g/mol. The molecule has 0 bridgehead atoms. The Morgan fingerprint density at radius 1 is 1.17 bits per heavy atom. The summed E-state index contributed by atoms with van der Waals surface area (Å²) in [5.41, 5.74) is 1.41. The topological polar surface area (TPSA) is 81.5 Å². The predicted molar refractivity (Wildman–Crippen MR) is 109 cm³/mol. The van der Waals surface area contributed by atoms with Crippen molar-refractivity contribution in [2.24, 2.45) is 0 Å². The Labute approximate surface area is 167 Å². The van der Waals surface area contributed by atoms with Crippen LogP contribution in [0.2, 0.25) is 0 Å². The molecule has 7 heteroatoms. The van der Waals surface area contributed by atoms with Crippen LogP contribution in [0.1, 0.15) is 29.5 Å². The number of carbonyl (C=O) groups is 2. The Morgan fingerprint density at radius 3 is 2.72 bits per heavy atom. The van der Waals surface area contributed by atoms with Crippen LogP contribution in [0.25, 0.3) is 10.9 Å². The van der Waals surface area contributed by atoms with Crippen molar-refractivity contribution < 1.29 is 14.3 Å². The van der Waals surface area contributed by atoms with Gasteiger partial charge >= 0.3 is 5.97 Å². The Bertz CT molecular complexity index is 1140. The highest BCUT2D eigenvalue weighted by atomic mass is 16.5. The summed E-state index contributed by atoms with van der Waals surface area (Å²) in [7, 11) is 0. The number of fused-ring (bicyclic) bond motifs is 2. The number of carbonyl (C=O) groups excluding carboxylic acids is 2. The summed E-state index contributed by atoms with van der Waals surface area (Å²) in [6.07, 6.45) is 1.64. The van der Waals surface area contributed by atoms with Gasteiger partial charge in [-0.1, -0.05) is 18.2 Å². The molecule has 0 aliphatic carbocycles. The lowest BCUT2D eigenvalue weighted by atomic mass is 10.1. The summed E-state index contributed by atoms with van der Waals surface area (Å²) < 4.78 is 6.91. The molecule has 1 aliphatic rings. The molecule has 4 rings (SSSR count). The second-order valence-electron chi connectivity index (χ2n) is 6.87. The lowest BCUT2D eigenvalue weighted by molar-refractivity contribution is -0.121. The van der Waals surface area contributed by atoms with E-state index in [1.165, 1.54) is 6.07 Å². The van der Waals surface area contributed by atoms with Crippen LogP contribution in [0.3, 0.4) is 0 Å². The van der Waals surface area contributed by atoms with Gasteiger partial charge in [-0.15, -0.1) is 0 Å². The van der Waals surface area contributed by atoms with Crippen LogP contribution < -0.4 is 10.5 Å². The summed E-state index contributed by atoms with van der Waals surface area (Å²) in [4.78, 5) is 43.5. The van der Waals surface area contributed by atoms with Gasteiger partial charge in [0.1, 0.15) is 5.82 Å². The molecule has 29 heavy (non-hydrogen) atoms. The van der Waals surface area contributed by atoms with Crippen molar-refractivity contribution in [2.75, 3.05) is 18.1 Å². The van der Waals surface area contributed by atoms with E-state index in [9.17, 15) is 14.4 Å². The zero-order valence-corrected chi connectivity index (χ0v) is 16.1. The minimum atomic E-state index is -0.619. The highest BCUT2D eigenvalue weighted by Crippen LogP contribution is 2.17. The third kappa shape index (κ3) is 3.63. The number of aromatic nitrogens is 2. The Morgan fingerprint density at radius 2 is 1.97 bits per heavy atom. The molecule has 0 unspecified atom stereocenters. The van der Waals surface area contributed by atoms with Crippen molar-refractivity contribution in [3.05, 3.63) is 70.3 Å². The van der Waals surface area contributed by atoms with E-state index in [4.69, 9.17) is 4.74 Å².